The van der Waals surface area contributed by atoms with Crippen molar-refractivity contribution in [1.82, 2.24) is 9.97 Å². The Bertz CT molecular complexity index is 1030. The number of rotatable bonds is 5. The molecule has 0 saturated carbocycles. The minimum atomic E-state index is -0.0238. The SMILES string of the molecule is COc1ccccc1NC(=O)C1CCN(c2ccnc(-c3cccc(C)c3)n2)CC1. The second kappa shape index (κ2) is 8.95. The van der Waals surface area contributed by atoms with Crippen molar-refractivity contribution < 1.29 is 9.53 Å². The van der Waals surface area contributed by atoms with E-state index in [0.717, 1.165) is 43.1 Å². The number of aryl methyl sites for hydroxylation is 1. The fraction of sp³-hybridized carbons (Fsp3) is 0.292. The second-order valence-electron chi connectivity index (χ2n) is 7.56. The fourth-order valence-corrected chi connectivity index (χ4v) is 3.80. The molecule has 1 amide bonds. The Morgan fingerprint density at radius 3 is 2.67 bits per heavy atom. The lowest BCUT2D eigenvalue weighted by molar-refractivity contribution is -0.120. The van der Waals surface area contributed by atoms with Crippen molar-refractivity contribution >= 4 is 17.4 Å². The highest BCUT2D eigenvalue weighted by molar-refractivity contribution is 5.94. The number of nitrogens with one attached hydrogen (secondary N) is 1. The van der Waals surface area contributed by atoms with Crippen molar-refractivity contribution in [3.05, 3.63) is 66.4 Å². The summed E-state index contributed by atoms with van der Waals surface area (Å²) < 4.78 is 5.33. The zero-order chi connectivity index (χ0) is 20.9. The molecule has 1 aliphatic heterocycles. The van der Waals surface area contributed by atoms with Crippen molar-refractivity contribution in [2.45, 2.75) is 19.8 Å². The summed E-state index contributed by atoms with van der Waals surface area (Å²) in [7, 11) is 1.61. The molecule has 3 aromatic rings. The number of amides is 1. The van der Waals surface area contributed by atoms with Crippen molar-refractivity contribution in [3.63, 3.8) is 0 Å². The number of carbonyl (C=O) groups excluding carboxylic acids is 1. The van der Waals surface area contributed by atoms with E-state index in [2.05, 4.69) is 34.3 Å². The third-order valence-corrected chi connectivity index (χ3v) is 5.47. The molecule has 154 valence electrons. The van der Waals surface area contributed by atoms with Crippen LogP contribution in [0.25, 0.3) is 11.4 Å². The normalized spacial score (nSPS) is 14.4. The number of ether oxygens (including phenoxy) is 1. The van der Waals surface area contributed by atoms with Gasteiger partial charge in [0.25, 0.3) is 0 Å². The first-order valence-corrected chi connectivity index (χ1v) is 10.2. The highest BCUT2D eigenvalue weighted by Crippen LogP contribution is 2.27. The van der Waals surface area contributed by atoms with E-state index in [1.54, 1.807) is 13.3 Å². The number of hydrogen-bond donors (Lipinski definition) is 1. The molecule has 6 nitrogen and oxygen atoms in total. The number of piperidine rings is 1. The largest absolute Gasteiger partial charge is 0.495 e. The Labute approximate surface area is 176 Å². The third kappa shape index (κ3) is 4.43. The van der Waals surface area contributed by atoms with Crippen LogP contribution in [0.3, 0.4) is 0 Å². The number of methoxy groups -OCH3 is 1. The molecule has 1 aliphatic rings. The lowest BCUT2D eigenvalue weighted by Gasteiger charge is -2.32. The molecule has 30 heavy (non-hydrogen) atoms. The predicted molar refractivity (Wildman–Crippen MR) is 119 cm³/mol. The van der Waals surface area contributed by atoms with Crippen molar-refractivity contribution in [1.29, 1.82) is 0 Å². The smallest absolute Gasteiger partial charge is 0.227 e. The number of nitrogens with zero attached hydrogens (tertiary/aromatic N) is 3. The summed E-state index contributed by atoms with van der Waals surface area (Å²) in [6.07, 6.45) is 3.37. The first-order chi connectivity index (χ1) is 14.6. The monoisotopic (exact) mass is 402 g/mol. The summed E-state index contributed by atoms with van der Waals surface area (Å²) in [5.74, 6) is 2.33. The number of para-hydroxylation sites is 2. The van der Waals surface area contributed by atoms with Crippen molar-refractivity contribution in [2.75, 3.05) is 30.4 Å². The van der Waals surface area contributed by atoms with Crippen LogP contribution in [0.1, 0.15) is 18.4 Å². The van der Waals surface area contributed by atoms with Crippen molar-refractivity contribution in [3.8, 4) is 17.1 Å². The Kier molecular flexibility index (Phi) is 5.93. The molecule has 0 unspecified atom stereocenters. The third-order valence-electron chi connectivity index (χ3n) is 5.47. The van der Waals surface area contributed by atoms with Crippen LogP contribution >= 0.6 is 0 Å². The van der Waals surface area contributed by atoms with Crippen LogP contribution in [0.5, 0.6) is 5.75 Å². The standard InChI is InChI=1S/C24H26N4O2/c1-17-6-5-7-19(16-17)23-25-13-10-22(27-23)28-14-11-18(12-15-28)24(29)26-20-8-3-4-9-21(20)30-2/h3-10,13,16,18H,11-12,14-15H2,1-2H3,(H,26,29). The zero-order valence-corrected chi connectivity index (χ0v) is 17.3. The Balaban J connectivity index is 1.40. The highest BCUT2D eigenvalue weighted by Gasteiger charge is 2.26. The maximum atomic E-state index is 12.7. The summed E-state index contributed by atoms with van der Waals surface area (Å²) in [6, 6.07) is 17.6. The van der Waals surface area contributed by atoms with Gasteiger partial charge in [-0.1, -0.05) is 35.9 Å². The van der Waals surface area contributed by atoms with E-state index in [-0.39, 0.29) is 11.8 Å². The lowest BCUT2D eigenvalue weighted by Crippen LogP contribution is -2.38. The average Bonchev–Trinajstić information content (AvgIpc) is 2.79. The van der Waals surface area contributed by atoms with Gasteiger partial charge in [0.15, 0.2) is 5.82 Å². The first kappa shape index (κ1) is 19.9. The summed E-state index contributed by atoms with van der Waals surface area (Å²) >= 11 is 0. The van der Waals surface area contributed by atoms with Gasteiger partial charge >= 0.3 is 0 Å². The van der Waals surface area contributed by atoms with Gasteiger partial charge in [0.1, 0.15) is 11.6 Å². The maximum Gasteiger partial charge on any atom is 0.227 e. The number of anilines is 2. The summed E-state index contributed by atoms with van der Waals surface area (Å²) in [5.41, 5.74) is 2.91. The number of benzene rings is 2. The molecule has 1 aromatic heterocycles. The molecule has 0 radical (unpaired) electrons. The van der Waals surface area contributed by atoms with Crippen LogP contribution in [-0.4, -0.2) is 36.1 Å². The lowest BCUT2D eigenvalue weighted by atomic mass is 9.95. The van der Waals surface area contributed by atoms with E-state index in [1.165, 1.54) is 5.56 Å². The van der Waals surface area contributed by atoms with E-state index in [0.29, 0.717) is 11.4 Å². The van der Waals surface area contributed by atoms with Gasteiger partial charge in [-0.2, -0.15) is 0 Å². The first-order valence-electron chi connectivity index (χ1n) is 10.2. The predicted octanol–water partition coefficient (Wildman–Crippen LogP) is 4.32. The van der Waals surface area contributed by atoms with E-state index in [9.17, 15) is 4.79 Å². The van der Waals surface area contributed by atoms with Gasteiger partial charge in [-0.25, -0.2) is 9.97 Å². The molecule has 0 aliphatic carbocycles. The molecule has 4 rings (SSSR count). The highest BCUT2D eigenvalue weighted by atomic mass is 16.5. The molecular weight excluding hydrogens is 376 g/mol. The number of carbonyl (C=O) groups is 1. The van der Waals surface area contributed by atoms with Gasteiger partial charge < -0.3 is 15.0 Å². The molecule has 1 saturated heterocycles. The maximum absolute atomic E-state index is 12.7. The molecule has 2 heterocycles. The summed E-state index contributed by atoms with van der Waals surface area (Å²) in [6.45, 7) is 3.64. The van der Waals surface area contributed by atoms with Crippen LogP contribution < -0.4 is 15.0 Å². The molecule has 1 fully saturated rings. The Morgan fingerprint density at radius 2 is 1.90 bits per heavy atom. The topological polar surface area (TPSA) is 67.3 Å². The van der Waals surface area contributed by atoms with Gasteiger partial charge in [-0.05, 0) is 44.0 Å². The van der Waals surface area contributed by atoms with E-state index >= 15 is 0 Å². The van der Waals surface area contributed by atoms with Gasteiger partial charge in [0.05, 0.1) is 12.8 Å². The molecule has 0 bridgehead atoms. The van der Waals surface area contributed by atoms with Gasteiger partial charge in [0.2, 0.25) is 5.91 Å². The number of aromatic nitrogens is 2. The summed E-state index contributed by atoms with van der Waals surface area (Å²) in [4.78, 5) is 24.2. The van der Waals surface area contributed by atoms with Crippen molar-refractivity contribution in [2.24, 2.45) is 5.92 Å². The zero-order valence-electron chi connectivity index (χ0n) is 17.3. The number of hydrogen-bond acceptors (Lipinski definition) is 5. The van der Waals surface area contributed by atoms with Crippen LogP contribution in [0.4, 0.5) is 11.5 Å². The van der Waals surface area contributed by atoms with E-state index < -0.39 is 0 Å². The Hall–Kier alpha value is -3.41. The minimum absolute atomic E-state index is 0.0238. The van der Waals surface area contributed by atoms with E-state index in [4.69, 9.17) is 9.72 Å². The second-order valence-corrected chi connectivity index (χ2v) is 7.56. The van der Waals surface area contributed by atoms with Crippen LogP contribution in [0, 0.1) is 12.8 Å². The van der Waals surface area contributed by atoms with E-state index in [1.807, 2.05) is 42.5 Å². The molecule has 6 heteroatoms. The molecule has 2 aromatic carbocycles. The van der Waals surface area contributed by atoms with Gasteiger partial charge in [-0.15, -0.1) is 0 Å². The molecule has 0 atom stereocenters. The van der Waals surface area contributed by atoms with Gasteiger partial charge in [0, 0.05) is 30.8 Å². The van der Waals surface area contributed by atoms with Gasteiger partial charge in [-0.3, -0.25) is 4.79 Å². The fourth-order valence-electron chi connectivity index (χ4n) is 3.80. The molecule has 1 N–H and O–H groups in total. The average molecular weight is 402 g/mol. The molecule has 0 spiro atoms. The van der Waals surface area contributed by atoms with Crippen LogP contribution in [-0.2, 0) is 4.79 Å². The van der Waals surface area contributed by atoms with Crippen LogP contribution in [0.2, 0.25) is 0 Å². The quantitative estimate of drug-likeness (QED) is 0.689. The minimum Gasteiger partial charge on any atom is -0.495 e. The summed E-state index contributed by atoms with van der Waals surface area (Å²) in [5, 5.41) is 3.01. The van der Waals surface area contributed by atoms with Crippen LogP contribution in [0.15, 0.2) is 60.8 Å². The Morgan fingerprint density at radius 1 is 1.10 bits per heavy atom. The molecular formula is C24H26N4O2.